The summed E-state index contributed by atoms with van der Waals surface area (Å²) in [7, 11) is 1.78. The molecule has 1 saturated carbocycles. The minimum Gasteiger partial charge on any atom is -0.384 e. The fourth-order valence-electron chi connectivity index (χ4n) is 1.35. The molecule has 0 aromatic carbocycles. The normalized spacial score (nSPS) is 20.3. The van der Waals surface area contributed by atoms with E-state index >= 15 is 0 Å². The summed E-state index contributed by atoms with van der Waals surface area (Å²) in [6, 6.07) is 0. The molecular formula is C8H16O. The molecule has 1 nitrogen and oxygen atoms in total. The third kappa shape index (κ3) is 1.68. The summed E-state index contributed by atoms with van der Waals surface area (Å²) in [5.41, 5.74) is 0.439. The molecule has 1 rings (SSSR count). The summed E-state index contributed by atoms with van der Waals surface area (Å²) in [6.07, 6.45) is 2.83. The van der Waals surface area contributed by atoms with Gasteiger partial charge in [-0.15, -0.1) is 0 Å². The zero-order valence-electron chi connectivity index (χ0n) is 6.61. The summed E-state index contributed by atoms with van der Waals surface area (Å²) in [5, 5.41) is 0. The van der Waals surface area contributed by atoms with Gasteiger partial charge in [0.05, 0.1) is 6.61 Å². The van der Waals surface area contributed by atoms with Gasteiger partial charge in [0.15, 0.2) is 0 Å². The molecule has 0 unspecified atom stereocenters. The summed E-state index contributed by atoms with van der Waals surface area (Å²) in [6.45, 7) is 5.49. The van der Waals surface area contributed by atoms with Crippen LogP contribution in [0.25, 0.3) is 0 Å². The highest BCUT2D eigenvalue weighted by Gasteiger charge is 2.37. The van der Waals surface area contributed by atoms with Gasteiger partial charge in [-0.25, -0.2) is 0 Å². The number of hydrogen-bond acceptors (Lipinski definition) is 1. The third-order valence-corrected chi connectivity index (χ3v) is 2.20. The minimum absolute atomic E-state index is 0.439. The average Bonchev–Trinajstić information content (AvgIpc) is 2.41. The van der Waals surface area contributed by atoms with Crippen molar-refractivity contribution in [3.05, 3.63) is 0 Å². The van der Waals surface area contributed by atoms with E-state index in [9.17, 15) is 0 Å². The molecule has 0 radical (unpaired) electrons. The minimum atomic E-state index is 0.439. The average molecular weight is 128 g/mol. The van der Waals surface area contributed by atoms with Crippen LogP contribution in [0, 0.1) is 11.3 Å². The molecule has 0 N–H and O–H groups in total. The molecule has 1 aliphatic carbocycles. The lowest BCUT2D eigenvalue weighted by molar-refractivity contribution is 0.0892. The highest BCUT2D eigenvalue weighted by Crippen LogP contribution is 2.44. The molecule has 0 amide bonds. The van der Waals surface area contributed by atoms with E-state index in [0.29, 0.717) is 5.41 Å². The van der Waals surface area contributed by atoms with Crippen LogP contribution in [0.1, 0.15) is 26.7 Å². The highest BCUT2D eigenvalue weighted by molar-refractivity contribution is 4.87. The lowest BCUT2D eigenvalue weighted by atomic mass is 9.89. The molecule has 0 saturated heterocycles. The Morgan fingerprint density at radius 2 is 2.00 bits per heavy atom. The van der Waals surface area contributed by atoms with Gasteiger partial charge >= 0.3 is 0 Å². The largest absolute Gasteiger partial charge is 0.384 e. The number of ether oxygens (including phenoxy) is 1. The lowest BCUT2D eigenvalue weighted by Crippen LogP contribution is -2.20. The second kappa shape index (κ2) is 2.30. The van der Waals surface area contributed by atoms with Crippen LogP contribution >= 0.6 is 0 Å². The fraction of sp³-hybridized carbons (Fsp3) is 1.00. The van der Waals surface area contributed by atoms with Crippen LogP contribution in [0.15, 0.2) is 0 Å². The first kappa shape index (κ1) is 7.07. The summed E-state index contributed by atoms with van der Waals surface area (Å²) in [4.78, 5) is 0. The molecule has 0 aromatic heterocycles. The highest BCUT2D eigenvalue weighted by atomic mass is 16.5. The number of methoxy groups -OCH3 is 1. The van der Waals surface area contributed by atoms with Crippen molar-refractivity contribution in [2.24, 2.45) is 11.3 Å². The van der Waals surface area contributed by atoms with Crippen molar-refractivity contribution in [2.75, 3.05) is 13.7 Å². The predicted molar refractivity (Wildman–Crippen MR) is 38.4 cm³/mol. The van der Waals surface area contributed by atoms with E-state index in [2.05, 4.69) is 13.8 Å². The maximum absolute atomic E-state index is 5.11. The van der Waals surface area contributed by atoms with Crippen LogP contribution < -0.4 is 0 Å². The smallest absolute Gasteiger partial charge is 0.0516 e. The molecule has 54 valence electrons. The van der Waals surface area contributed by atoms with Gasteiger partial charge in [-0.3, -0.25) is 0 Å². The molecule has 0 aromatic rings. The Bertz CT molecular complexity index is 92.7. The van der Waals surface area contributed by atoms with E-state index in [1.165, 1.54) is 12.8 Å². The topological polar surface area (TPSA) is 9.23 Å². The second-order valence-electron chi connectivity index (χ2n) is 3.70. The maximum Gasteiger partial charge on any atom is 0.0516 e. The predicted octanol–water partition coefficient (Wildman–Crippen LogP) is 2.07. The van der Waals surface area contributed by atoms with Crippen molar-refractivity contribution < 1.29 is 4.74 Å². The molecule has 0 atom stereocenters. The van der Waals surface area contributed by atoms with Crippen molar-refractivity contribution in [2.45, 2.75) is 26.7 Å². The van der Waals surface area contributed by atoms with Crippen LogP contribution in [0.3, 0.4) is 0 Å². The van der Waals surface area contributed by atoms with Crippen molar-refractivity contribution in [3.63, 3.8) is 0 Å². The van der Waals surface area contributed by atoms with E-state index in [4.69, 9.17) is 4.74 Å². The van der Waals surface area contributed by atoms with Gasteiger partial charge in [-0.2, -0.15) is 0 Å². The molecular weight excluding hydrogens is 112 g/mol. The van der Waals surface area contributed by atoms with Gasteiger partial charge < -0.3 is 4.74 Å². The summed E-state index contributed by atoms with van der Waals surface area (Å²) in [5.74, 6) is 0.942. The van der Waals surface area contributed by atoms with Crippen molar-refractivity contribution in [3.8, 4) is 0 Å². The monoisotopic (exact) mass is 128 g/mol. The van der Waals surface area contributed by atoms with Crippen LogP contribution in [0.4, 0.5) is 0 Å². The maximum atomic E-state index is 5.11. The Morgan fingerprint density at radius 1 is 1.44 bits per heavy atom. The Kier molecular flexibility index (Phi) is 1.80. The first-order chi connectivity index (χ1) is 4.17. The number of hydrogen-bond donors (Lipinski definition) is 0. The Hall–Kier alpha value is -0.0400. The Balaban J connectivity index is 2.30. The van der Waals surface area contributed by atoms with E-state index in [1.54, 1.807) is 7.11 Å². The first-order valence-electron chi connectivity index (χ1n) is 3.66. The van der Waals surface area contributed by atoms with E-state index in [0.717, 1.165) is 12.5 Å². The van der Waals surface area contributed by atoms with Gasteiger partial charge in [0, 0.05) is 7.11 Å². The van der Waals surface area contributed by atoms with Crippen molar-refractivity contribution >= 4 is 0 Å². The van der Waals surface area contributed by atoms with Gasteiger partial charge in [0.2, 0.25) is 0 Å². The molecule has 1 aliphatic rings. The zero-order chi connectivity index (χ0) is 6.91. The van der Waals surface area contributed by atoms with E-state index < -0.39 is 0 Å². The van der Waals surface area contributed by atoms with Gasteiger partial charge in [-0.1, -0.05) is 13.8 Å². The van der Waals surface area contributed by atoms with Crippen molar-refractivity contribution in [1.29, 1.82) is 0 Å². The summed E-state index contributed by atoms with van der Waals surface area (Å²) < 4.78 is 5.11. The van der Waals surface area contributed by atoms with Crippen LogP contribution in [0.2, 0.25) is 0 Å². The lowest BCUT2D eigenvalue weighted by Gasteiger charge is -2.22. The molecule has 9 heavy (non-hydrogen) atoms. The molecule has 0 spiro atoms. The van der Waals surface area contributed by atoms with E-state index in [-0.39, 0.29) is 0 Å². The summed E-state index contributed by atoms with van der Waals surface area (Å²) >= 11 is 0. The number of rotatable bonds is 3. The standard InChI is InChI=1S/C8H16O/c1-8(2,6-9-3)7-4-5-7/h7H,4-6H2,1-3H3. The van der Waals surface area contributed by atoms with Crippen LogP contribution in [-0.4, -0.2) is 13.7 Å². The van der Waals surface area contributed by atoms with Gasteiger partial charge in [0.25, 0.3) is 0 Å². The van der Waals surface area contributed by atoms with Crippen LogP contribution in [-0.2, 0) is 4.74 Å². The second-order valence-corrected chi connectivity index (χ2v) is 3.70. The SMILES string of the molecule is COCC(C)(C)C1CC1. The molecule has 1 heteroatoms. The quantitative estimate of drug-likeness (QED) is 0.565. The molecule has 1 fully saturated rings. The van der Waals surface area contributed by atoms with Crippen molar-refractivity contribution in [1.82, 2.24) is 0 Å². The zero-order valence-corrected chi connectivity index (χ0v) is 6.61. The third-order valence-electron chi connectivity index (χ3n) is 2.20. The molecule has 0 bridgehead atoms. The molecule has 0 heterocycles. The Labute approximate surface area is 57.4 Å². The van der Waals surface area contributed by atoms with Crippen LogP contribution in [0.5, 0.6) is 0 Å². The van der Waals surface area contributed by atoms with Gasteiger partial charge in [0.1, 0.15) is 0 Å². The van der Waals surface area contributed by atoms with E-state index in [1.807, 2.05) is 0 Å². The fourth-order valence-corrected chi connectivity index (χ4v) is 1.35. The Morgan fingerprint density at radius 3 is 2.33 bits per heavy atom. The molecule has 0 aliphatic heterocycles. The van der Waals surface area contributed by atoms with Gasteiger partial charge in [-0.05, 0) is 24.2 Å². The first-order valence-corrected chi connectivity index (χ1v) is 3.66.